The molecule has 14 heteroatoms. The minimum absolute atomic E-state index is 0.0276. The van der Waals surface area contributed by atoms with Gasteiger partial charge in [-0.2, -0.15) is 9.37 Å². The summed E-state index contributed by atoms with van der Waals surface area (Å²) in [5.41, 5.74) is 5.24. The van der Waals surface area contributed by atoms with Crippen molar-refractivity contribution in [3.63, 3.8) is 0 Å². The third-order valence-corrected chi connectivity index (χ3v) is 9.76. The summed E-state index contributed by atoms with van der Waals surface area (Å²) in [5, 5.41) is -0.892. The molecule has 2 aromatic heterocycles. The number of carbonyl (C=O) groups excluding carboxylic acids is 1. The third kappa shape index (κ3) is 4.41. The number of guanidine groups is 1. The fourth-order valence-electron chi connectivity index (χ4n) is 5.06. The van der Waals surface area contributed by atoms with E-state index in [2.05, 4.69) is 25.8 Å². The first-order valence-corrected chi connectivity index (χ1v) is 13.8. The zero-order valence-electron chi connectivity index (χ0n) is 21.9. The number of nitrogens with zero attached hydrogens (tertiary/aromatic N) is 6. The maximum atomic E-state index is 15.6. The lowest BCUT2D eigenvalue weighted by Gasteiger charge is -2.41. The van der Waals surface area contributed by atoms with Crippen LogP contribution in [0, 0.1) is 24.4 Å². The third-order valence-electron chi connectivity index (χ3n) is 7.22. The predicted molar refractivity (Wildman–Crippen MR) is 144 cm³/mol. The molecule has 0 saturated carbocycles. The molecule has 5 rings (SSSR count). The number of ether oxygens (including phenoxy) is 1. The molecule has 210 valence electrons. The van der Waals surface area contributed by atoms with Crippen molar-refractivity contribution in [2.24, 2.45) is 10.7 Å². The highest BCUT2D eigenvalue weighted by Gasteiger charge is 2.57. The number of rotatable bonds is 6. The zero-order chi connectivity index (χ0) is 29.0. The predicted octanol–water partition coefficient (Wildman–Crippen LogP) is 2.01. The van der Waals surface area contributed by atoms with Crippen LogP contribution in [0.1, 0.15) is 27.3 Å². The fourth-order valence-corrected chi connectivity index (χ4v) is 7.07. The van der Waals surface area contributed by atoms with Crippen molar-refractivity contribution in [3.8, 4) is 5.88 Å². The van der Waals surface area contributed by atoms with Crippen molar-refractivity contribution in [1.82, 2.24) is 19.3 Å². The van der Waals surface area contributed by atoms with Crippen LogP contribution in [0.5, 0.6) is 5.88 Å². The molecular weight excluding hydrogens is 547 g/mol. The first-order valence-electron chi connectivity index (χ1n) is 12.1. The Morgan fingerprint density at radius 2 is 2.00 bits per heavy atom. The molecule has 2 aliphatic rings. The Hall–Kier alpha value is -4.20. The molecule has 0 aliphatic carbocycles. The van der Waals surface area contributed by atoms with E-state index in [1.165, 1.54) is 49.7 Å². The van der Waals surface area contributed by atoms with E-state index in [0.29, 0.717) is 5.56 Å². The van der Waals surface area contributed by atoms with Gasteiger partial charge in [0.05, 0.1) is 40.5 Å². The normalized spacial score (nSPS) is 24.1. The Morgan fingerprint density at radius 1 is 1.25 bits per heavy atom. The number of anilines is 1. The van der Waals surface area contributed by atoms with Crippen LogP contribution in [0.25, 0.3) is 0 Å². The molecule has 3 atom stereocenters. The highest BCUT2D eigenvalue weighted by Crippen LogP contribution is 2.45. The molecule has 0 bridgehead atoms. The Labute approximate surface area is 228 Å². The van der Waals surface area contributed by atoms with Gasteiger partial charge in [0.25, 0.3) is 5.88 Å². The van der Waals surface area contributed by atoms with Crippen molar-refractivity contribution in [1.29, 1.82) is 0 Å². The van der Waals surface area contributed by atoms with Crippen LogP contribution in [-0.4, -0.2) is 73.6 Å². The Morgan fingerprint density at radius 3 is 2.67 bits per heavy atom. The number of aromatic nitrogens is 3. The monoisotopic (exact) mass is 573 g/mol. The number of hydrogen-bond acceptors (Lipinski definition) is 9. The second-order valence-corrected chi connectivity index (χ2v) is 12.2. The lowest BCUT2D eigenvalue weighted by atomic mass is 9.86. The summed E-state index contributed by atoms with van der Waals surface area (Å²) in [5.74, 6) is 1.26. The maximum Gasteiger partial charge on any atom is 0.255 e. The first kappa shape index (κ1) is 27.4. The zero-order valence-corrected chi connectivity index (χ0v) is 22.7. The molecule has 1 fully saturated rings. The first-order chi connectivity index (χ1) is 18.9. The number of Topliss-reactive ketones (excluding diaryl/α,β-unsaturated/α-hetero) is 1. The largest absolute Gasteiger partial charge is 0.479 e. The van der Waals surface area contributed by atoms with E-state index in [4.69, 9.17) is 10.5 Å². The van der Waals surface area contributed by atoms with Crippen molar-refractivity contribution >= 4 is 33.3 Å². The molecule has 10 nitrogen and oxygen atoms in total. The number of benzene rings is 1. The van der Waals surface area contributed by atoms with Crippen LogP contribution in [-0.2, 0) is 21.7 Å². The number of ketones is 1. The van der Waals surface area contributed by atoms with Gasteiger partial charge in [0.2, 0.25) is 17.7 Å². The summed E-state index contributed by atoms with van der Waals surface area (Å²) < 4.78 is 63.6. The molecule has 1 saturated heterocycles. The number of hydrogen-bond donors (Lipinski definition) is 1. The van der Waals surface area contributed by atoms with E-state index < -0.39 is 43.7 Å². The number of aliphatic imine (C=N–C) groups is 1. The van der Waals surface area contributed by atoms with E-state index >= 15 is 4.39 Å². The molecule has 0 amide bonds. The summed E-state index contributed by atoms with van der Waals surface area (Å²) in [6.07, 6.45) is 0.780. The van der Waals surface area contributed by atoms with Gasteiger partial charge in [0.15, 0.2) is 5.78 Å². The number of pyridine rings is 1. The topological polar surface area (TPSA) is 127 Å². The Kier molecular flexibility index (Phi) is 6.68. The number of fused-ring (bicyclic) bond motifs is 1. The highest BCUT2D eigenvalue weighted by molar-refractivity contribution is 7.99. The molecule has 3 aromatic rings. The van der Waals surface area contributed by atoms with Crippen LogP contribution in [0.4, 0.5) is 19.1 Å². The standard InChI is InChI=1S/C26H26F3N7O3S/c1-14-22(29)23(39-3)33-25(32-14)36-12-21-26(13-36,34-24(30)35(2)40(21,4)38)17-9-15(5-7-18(17)28)10-20(37)19-8-6-16(27)11-31-19/h5-9,11,21H,4,10,12-13H2,1-3H3,(H2,30,34)/t21?,26-,40?/m1/s1. The van der Waals surface area contributed by atoms with Gasteiger partial charge in [-0.1, -0.05) is 6.07 Å². The van der Waals surface area contributed by atoms with E-state index in [1.54, 1.807) is 4.90 Å². The van der Waals surface area contributed by atoms with Crippen molar-refractivity contribution in [2.75, 3.05) is 32.1 Å². The van der Waals surface area contributed by atoms with Gasteiger partial charge in [-0.15, -0.1) is 0 Å². The van der Waals surface area contributed by atoms with Crippen molar-refractivity contribution in [3.05, 3.63) is 76.5 Å². The van der Waals surface area contributed by atoms with E-state index in [9.17, 15) is 17.8 Å². The molecule has 2 unspecified atom stereocenters. The second-order valence-electron chi connectivity index (χ2n) is 9.66. The van der Waals surface area contributed by atoms with E-state index in [-0.39, 0.29) is 54.2 Å². The molecule has 4 heterocycles. The van der Waals surface area contributed by atoms with Gasteiger partial charge in [0, 0.05) is 25.6 Å². The van der Waals surface area contributed by atoms with Crippen LogP contribution in [0.3, 0.4) is 0 Å². The van der Waals surface area contributed by atoms with Gasteiger partial charge in [-0.05, 0) is 42.6 Å². The Bertz CT molecular complexity index is 1650. The van der Waals surface area contributed by atoms with Gasteiger partial charge < -0.3 is 15.4 Å². The minimum Gasteiger partial charge on any atom is -0.479 e. The second kappa shape index (κ2) is 9.77. The number of nitrogens with two attached hydrogens (primary N) is 1. The van der Waals surface area contributed by atoms with E-state index in [1.807, 2.05) is 0 Å². The molecule has 2 aliphatic heterocycles. The summed E-state index contributed by atoms with van der Waals surface area (Å²) in [7, 11) is -0.414. The smallest absolute Gasteiger partial charge is 0.255 e. The molecule has 0 spiro atoms. The van der Waals surface area contributed by atoms with Gasteiger partial charge in [-0.25, -0.2) is 23.0 Å². The summed E-state index contributed by atoms with van der Waals surface area (Å²) in [4.78, 5) is 31.3. The number of halogens is 3. The van der Waals surface area contributed by atoms with Crippen LogP contribution >= 0.6 is 0 Å². The Balaban J connectivity index is 1.61. The van der Waals surface area contributed by atoms with Gasteiger partial charge in [0.1, 0.15) is 22.9 Å². The molecule has 40 heavy (non-hydrogen) atoms. The quantitative estimate of drug-likeness (QED) is 0.351. The molecule has 1 aromatic carbocycles. The fraction of sp³-hybridized carbons (Fsp3) is 0.308. The average Bonchev–Trinajstić information content (AvgIpc) is 3.32. The molecule has 0 radical (unpaired) electrons. The van der Waals surface area contributed by atoms with Crippen LogP contribution < -0.4 is 15.4 Å². The van der Waals surface area contributed by atoms with Crippen molar-refractivity contribution < 1.29 is 26.9 Å². The SMILES string of the molecule is C=S1(=O)C2CN(c3nc(C)c(F)c(OC)n3)C[C@]2(c2cc(CC(=O)c3ccc(F)cn3)ccc2F)N=C(N)N1C. The van der Waals surface area contributed by atoms with Crippen LogP contribution in [0.2, 0.25) is 0 Å². The minimum atomic E-state index is -3.17. The molecular formula is C26H26F3N7O3S. The summed E-state index contributed by atoms with van der Waals surface area (Å²) in [6.45, 7) is 1.41. The lowest BCUT2D eigenvalue weighted by Crippen LogP contribution is -2.57. The number of carbonyl (C=O) groups is 1. The van der Waals surface area contributed by atoms with Crippen molar-refractivity contribution in [2.45, 2.75) is 24.1 Å². The van der Waals surface area contributed by atoms with E-state index in [0.717, 1.165) is 12.3 Å². The summed E-state index contributed by atoms with van der Waals surface area (Å²) >= 11 is 0. The van der Waals surface area contributed by atoms with Crippen LogP contribution in [0.15, 0.2) is 41.5 Å². The highest BCUT2D eigenvalue weighted by atomic mass is 32.2. The maximum absolute atomic E-state index is 15.6. The lowest BCUT2D eigenvalue weighted by molar-refractivity contribution is 0.0988. The van der Waals surface area contributed by atoms with Gasteiger partial charge in [-0.3, -0.25) is 14.1 Å². The molecule has 2 N–H and O–H groups in total. The summed E-state index contributed by atoms with van der Waals surface area (Å²) in [6, 6.07) is 6.51. The number of methoxy groups -OCH3 is 1. The van der Waals surface area contributed by atoms with Gasteiger partial charge >= 0.3 is 0 Å². The number of aryl methyl sites for hydroxylation is 1. The average molecular weight is 574 g/mol.